The average molecular weight is 458 g/mol. The highest BCUT2D eigenvalue weighted by Crippen LogP contribution is 2.37. The van der Waals surface area contributed by atoms with Gasteiger partial charge in [-0.05, 0) is 31.2 Å². The summed E-state index contributed by atoms with van der Waals surface area (Å²) in [6, 6.07) is 6.63. The number of rotatable bonds is 4. The number of nitrogens with one attached hydrogen (secondary N) is 1. The Hall–Kier alpha value is -4.49. The van der Waals surface area contributed by atoms with E-state index >= 15 is 0 Å². The molecule has 0 radical (unpaired) electrons. The molecule has 5 heterocycles. The maximum Gasteiger partial charge on any atom is 0.296 e. The van der Waals surface area contributed by atoms with Crippen molar-refractivity contribution in [2.75, 3.05) is 5.73 Å². The zero-order chi connectivity index (χ0) is 23.1. The van der Waals surface area contributed by atoms with E-state index in [1.165, 1.54) is 4.52 Å². The van der Waals surface area contributed by atoms with Gasteiger partial charge in [-0.25, -0.2) is 9.50 Å². The number of amides is 1. The lowest BCUT2D eigenvalue weighted by atomic mass is 10.0. The SMILES string of the molecule is [C-]#[N+]c1ncn2c(-c3cccnc3)c(C(C)NC(=O)c3c(N)nn4cccnc34)cc(Cl)c12. The lowest BCUT2D eigenvalue weighted by Gasteiger charge is -2.20. The van der Waals surface area contributed by atoms with Crippen molar-refractivity contribution in [1.29, 1.82) is 0 Å². The molecule has 162 valence electrons. The molecule has 1 atom stereocenters. The van der Waals surface area contributed by atoms with Crippen molar-refractivity contribution in [3.63, 3.8) is 0 Å². The number of pyridine rings is 2. The summed E-state index contributed by atoms with van der Waals surface area (Å²) >= 11 is 6.55. The zero-order valence-corrected chi connectivity index (χ0v) is 18.0. The van der Waals surface area contributed by atoms with Gasteiger partial charge in [0.2, 0.25) is 0 Å². The minimum absolute atomic E-state index is 0.0793. The van der Waals surface area contributed by atoms with Crippen LogP contribution in [0.4, 0.5) is 11.6 Å². The van der Waals surface area contributed by atoms with Gasteiger partial charge in [-0.15, -0.1) is 10.1 Å². The minimum Gasteiger partial charge on any atom is -0.381 e. The molecule has 0 aliphatic carbocycles. The molecular formula is C22H16ClN9O. The predicted molar refractivity (Wildman–Crippen MR) is 123 cm³/mol. The zero-order valence-electron chi connectivity index (χ0n) is 17.3. The summed E-state index contributed by atoms with van der Waals surface area (Å²) < 4.78 is 3.20. The van der Waals surface area contributed by atoms with Crippen LogP contribution >= 0.6 is 11.6 Å². The van der Waals surface area contributed by atoms with E-state index in [-0.39, 0.29) is 17.2 Å². The maximum absolute atomic E-state index is 13.2. The first-order chi connectivity index (χ1) is 16.0. The quantitative estimate of drug-likeness (QED) is 0.397. The third-order valence-corrected chi connectivity index (χ3v) is 5.56. The Bertz CT molecular complexity index is 1570. The molecule has 1 unspecified atom stereocenters. The number of carbonyl (C=O) groups excluding carboxylic acids is 1. The summed E-state index contributed by atoms with van der Waals surface area (Å²) in [5.74, 6) is -0.149. The first kappa shape index (κ1) is 20.4. The van der Waals surface area contributed by atoms with E-state index in [2.05, 4.69) is 30.2 Å². The van der Waals surface area contributed by atoms with Crippen molar-refractivity contribution in [1.82, 2.24) is 34.3 Å². The molecule has 3 N–H and O–H groups in total. The molecule has 0 saturated carbocycles. The fourth-order valence-electron chi connectivity index (χ4n) is 3.83. The van der Waals surface area contributed by atoms with Gasteiger partial charge in [0.1, 0.15) is 5.56 Å². The molecule has 1 amide bonds. The van der Waals surface area contributed by atoms with E-state index in [0.717, 1.165) is 5.56 Å². The van der Waals surface area contributed by atoms with Gasteiger partial charge in [-0.1, -0.05) is 18.2 Å². The van der Waals surface area contributed by atoms with Crippen molar-refractivity contribution < 1.29 is 4.79 Å². The van der Waals surface area contributed by atoms with Gasteiger partial charge >= 0.3 is 0 Å². The highest BCUT2D eigenvalue weighted by molar-refractivity contribution is 6.34. The lowest BCUT2D eigenvalue weighted by molar-refractivity contribution is 0.0942. The van der Waals surface area contributed by atoms with Crippen LogP contribution in [0.3, 0.4) is 0 Å². The number of aromatic nitrogens is 6. The molecule has 11 heteroatoms. The van der Waals surface area contributed by atoms with Crippen LogP contribution in [0.1, 0.15) is 28.9 Å². The molecule has 0 saturated heterocycles. The van der Waals surface area contributed by atoms with Crippen LogP contribution in [0.25, 0.3) is 27.3 Å². The molecule has 0 fully saturated rings. The van der Waals surface area contributed by atoms with Gasteiger partial charge in [0.05, 0.1) is 22.3 Å². The number of nitrogen functional groups attached to an aromatic ring is 1. The van der Waals surface area contributed by atoms with Crippen LogP contribution in [0.2, 0.25) is 5.02 Å². The molecule has 5 aromatic rings. The number of hydrogen-bond acceptors (Lipinski definition) is 6. The van der Waals surface area contributed by atoms with Crippen molar-refractivity contribution in [3.05, 3.63) is 82.9 Å². The molecule has 33 heavy (non-hydrogen) atoms. The number of halogens is 1. The number of anilines is 1. The summed E-state index contributed by atoms with van der Waals surface area (Å²) in [6.07, 6.45) is 8.15. The fraction of sp³-hybridized carbons (Fsp3) is 0.0909. The number of fused-ring (bicyclic) bond motifs is 2. The van der Waals surface area contributed by atoms with Crippen LogP contribution < -0.4 is 11.1 Å². The summed E-state index contributed by atoms with van der Waals surface area (Å²) in [5.41, 5.74) is 9.25. The number of nitrogens with two attached hydrogens (primary N) is 1. The van der Waals surface area contributed by atoms with E-state index in [9.17, 15) is 4.79 Å². The highest BCUT2D eigenvalue weighted by atomic mass is 35.5. The van der Waals surface area contributed by atoms with Gasteiger partial charge in [-0.3, -0.25) is 14.2 Å². The Morgan fingerprint density at radius 3 is 2.91 bits per heavy atom. The Morgan fingerprint density at radius 2 is 2.15 bits per heavy atom. The molecule has 0 aliphatic rings. The van der Waals surface area contributed by atoms with E-state index < -0.39 is 11.9 Å². The van der Waals surface area contributed by atoms with Crippen LogP contribution in [0.5, 0.6) is 0 Å². The van der Waals surface area contributed by atoms with Crippen molar-refractivity contribution in [2.45, 2.75) is 13.0 Å². The second-order valence-corrected chi connectivity index (χ2v) is 7.69. The Balaban J connectivity index is 1.63. The van der Waals surface area contributed by atoms with Crippen LogP contribution in [-0.4, -0.2) is 34.9 Å². The van der Waals surface area contributed by atoms with Gasteiger partial charge in [0, 0.05) is 35.9 Å². The first-order valence-electron chi connectivity index (χ1n) is 9.86. The fourth-order valence-corrected chi connectivity index (χ4v) is 4.12. The molecule has 5 rings (SSSR count). The van der Waals surface area contributed by atoms with E-state index in [1.54, 1.807) is 53.7 Å². The molecule has 10 nitrogen and oxygen atoms in total. The number of imidazole rings is 1. The van der Waals surface area contributed by atoms with Crippen LogP contribution in [-0.2, 0) is 0 Å². The van der Waals surface area contributed by atoms with Gasteiger partial charge in [0.15, 0.2) is 17.8 Å². The van der Waals surface area contributed by atoms with Crippen molar-refractivity contribution in [2.24, 2.45) is 0 Å². The van der Waals surface area contributed by atoms with E-state index in [4.69, 9.17) is 23.9 Å². The average Bonchev–Trinajstić information content (AvgIpc) is 3.40. The monoisotopic (exact) mass is 457 g/mol. The van der Waals surface area contributed by atoms with E-state index in [1.807, 2.05) is 13.0 Å². The van der Waals surface area contributed by atoms with Gasteiger partial charge in [-0.2, -0.15) is 0 Å². The summed E-state index contributed by atoms with van der Waals surface area (Å²) in [4.78, 5) is 29.3. The molecule has 0 spiro atoms. The lowest BCUT2D eigenvalue weighted by Crippen LogP contribution is -2.28. The van der Waals surface area contributed by atoms with Gasteiger partial charge < -0.3 is 15.9 Å². The predicted octanol–water partition coefficient (Wildman–Crippen LogP) is 3.72. The number of hydrogen-bond donors (Lipinski definition) is 2. The molecule has 0 bridgehead atoms. The Morgan fingerprint density at radius 1 is 1.30 bits per heavy atom. The molecule has 0 aromatic carbocycles. The summed E-state index contributed by atoms with van der Waals surface area (Å²) in [5, 5.41) is 7.46. The molecular weight excluding hydrogens is 442 g/mol. The number of carbonyl (C=O) groups is 1. The second kappa shape index (κ2) is 7.89. The summed E-state index contributed by atoms with van der Waals surface area (Å²) in [6.45, 7) is 9.24. The Kier molecular flexibility index (Phi) is 4.88. The van der Waals surface area contributed by atoms with Crippen LogP contribution in [0, 0.1) is 6.57 Å². The first-order valence-corrected chi connectivity index (χ1v) is 10.2. The van der Waals surface area contributed by atoms with Crippen molar-refractivity contribution >= 4 is 40.3 Å². The van der Waals surface area contributed by atoms with Crippen molar-refractivity contribution in [3.8, 4) is 11.3 Å². The normalized spacial score (nSPS) is 12.0. The third-order valence-electron chi connectivity index (χ3n) is 5.28. The topological polar surface area (TPSA) is 120 Å². The third kappa shape index (κ3) is 3.31. The standard InChI is InChI=1S/C22H16ClN9O/c1-12(29-22(33)16-19(24)30-32-8-4-7-27-21(16)32)14-9-15(23)18-20(25-2)28-11-31(18)17(14)13-5-3-6-26-10-13/h3-12H,1H3,(H2,24,30)(H,29,33). The highest BCUT2D eigenvalue weighted by Gasteiger charge is 2.25. The summed E-state index contributed by atoms with van der Waals surface area (Å²) in [7, 11) is 0. The second-order valence-electron chi connectivity index (χ2n) is 7.28. The van der Waals surface area contributed by atoms with Gasteiger partial charge in [0.25, 0.3) is 11.7 Å². The smallest absolute Gasteiger partial charge is 0.296 e. The van der Waals surface area contributed by atoms with Crippen LogP contribution in [0.15, 0.2) is 55.4 Å². The largest absolute Gasteiger partial charge is 0.381 e. The molecule has 5 aromatic heterocycles. The number of nitrogens with zero attached hydrogens (tertiary/aromatic N) is 7. The van der Waals surface area contributed by atoms with E-state index in [0.29, 0.717) is 27.4 Å². The molecule has 0 aliphatic heterocycles. The maximum atomic E-state index is 13.2. The Labute approximate surface area is 192 Å². The minimum atomic E-state index is -0.494.